The molecular formula is C18H19N3O2S. The Hall–Kier alpha value is -2.34. The van der Waals surface area contributed by atoms with Crippen molar-refractivity contribution >= 4 is 28.0 Å². The summed E-state index contributed by atoms with van der Waals surface area (Å²) >= 11 is 1.68. The van der Waals surface area contributed by atoms with Gasteiger partial charge in [0.25, 0.3) is 0 Å². The fraction of sp³-hybridized carbons (Fsp3) is 0.333. The average molecular weight is 341 g/mol. The van der Waals surface area contributed by atoms with Crippen LogP contribution in [-0.2, 0) is 16.0 Å². The molecule has 3 aromatic rings. The van der Waals surface area contributed by atoms with Crippen LogP contribution in [0.2, 0.25) is 0 Å². The van der Waals surface area contributed by atoms with Crippen LogP contribution in [0.4, 0.5) is 5.69 Å². The summed E-state index contributed by atoms with van der Waals surface area (Å²) in [4.78, 5) is 19.3. The monoisotopic (exact) mass is 341 g/mol. The number of esters is 1. The van der Waals surface area contributed by atoms with Crippen molar-refractivity contribution < 1.29 is 9.53 Å². The highest BCUT2D eigenvalue weighted by Gasteiger charge is 2.32. The number of hydrogen-bond donors (Lipinski definition) is 1. The molecule has 5 nitrogen and oxygen atoms in total. The predicted octanol–water partition coefficient (Wildman–Crippen LogP) is 3.63. The van der Waals surface area contributed by atoms with Crippen molar-refractivity contribution in [2.24, 2.45) is 0 Å². The molecular weight excluding hydrogens is 322 g/mol. The second-order valence-corrected chi connectivity index (χ2v) is 7.07. The summed E-state index contributed by atoms with van der Waals surface area (Å²) in [5.74, 6) is -0.309. The molecule has 1 unspecified atom stereocenters. The fourth-order valence-corrected chi connectivity index (χ4v) is 4.52. The van der Waals surface area contributed by atoms with Crippen LogP contribution in [0.3, 0.4) is 0 Å². The maximum atomic E-state index is 12.4. The highest BCUT2D eigenvalue weighted by Crippen LogP contribution is 2.39. The minimum Gasteiger partial charge on any atom is -0.465 e. The van der Waals surface area contributed by atoms with Crippen molar-refractivity contribution in [1.82, 2.24) is 9.38 Å². The molecule has 124 valence electrons. The Bertz CT molecular complexity index is 895. The average Bonchev–Trinajstić information content (AvgIpc) is 3.13. The van der Waals surface area contributed by atoms with Crippen LogP contribution in [-0.4, -0.2) is 22.0 Å². The summed E-state index contributed by atoms with van der Waals surface area (Å²) in [5.41, 5.74) is 9.48. The van der Waals surface area contributed by atoms with Crippen LogP contribution in [0.5, 0.6) is 0 Å². The van der Waals surface area contributed by atoms with Crippen LogP contribution in [0.15, 0.2) is 30.5 Å². The minimum atomic E-state index is -0.184. The Morgan fingerprint density at radius 3 is 2.96 bits per heavy atom. The Kier molecular flexibility index (Phi) is 3.76. The van der Waals surface area contributed by atoms with Gasteiger partial charge in [-0.2, -0.15) is 0 Å². The number of ether oxygens (including phenoxy) is 1. The largest absolute Gasteiger partial charge is 0.465 e. The molecule has 2 aromatic heterocycles. The second-order valence-electron chi connectivity index (χ2n) is 6.01. The van der Waals surface area contributed by atoms with Gasteiger partial charge in [0, 0.05) is 22.3 Å². The number of nitrogen functional groups attached to an aromatic ring is 1. The zero-order valence-electron chi connectivity index (χ0n) is 13.5. The van der Waals surface area contributed by atoms with E-state index in [-0.39, 0.29) is 11.9 Å². The van der Waals surface area contributed by atoms with Crippen molar-refractivity contribution in [1.29, 1.82) is 0 Å². The molecule has 4 rings (SSSR count). The van der Waals surface area contributed by atoms with Gasteiger partial charge in [-0.05, 0) is 38.3 Å². The second kappa shape index (κ2) is 5.94. The zero-order chi connectivity index (χ0) is 16.7. The van der Waals surface area contributed by atoms with E-state index in [4.69, 9.17) is 15.5 Å². The van der Waals surface area contributed by atoms with Gasteiger partial charge in [-0.25, -0.2) is 4.98 Å². The van der Waals surface area contributed by atoms with Gasteiger partial charge in [-0.1, -0.05) is 12.1 Å². The molecule has 2 N–H and O–H groups in total. The summed E-state index contributed by atoms with van der Waals surface area (Å²) in [6, 6.07) is 7.69. The Morgan fingerprint density at radius 1 is 1.42 bits per heavy atom. The van der Waals surface area contributed by atoms with Gasteiger partial charge in [0.05, 0.1) is 23.9 Å². The van der Waals surface area contributed by atoms with Gasteiger partial charge in [0.1, 0.15) is 0 Å². The fourth-order valence-electron chi connectivity index (χ4n) is 3.31. The topological polar surface area (TPSA) is 69.6 Å². The maximum absolute atomic E-state index is 12.4. The van der Waals surface area contributed by atoms with E-state index in [0.29, 0.717) is 6.61 Å². The number of hydrogen-bond acceptors (Lipinski definition) is 5. The lowest BCUT2D eigenvalue weighted by Gasteiger charge is -2.20. The van der Waals surface area contributed by atoms with Crippen molar-refractivity contribution in [3.63, 3.8) is 0 Å². The number of carbonyl (C=O) groups is 1. The van der Waals surface area contributed by atoms with E-state index in [1.54, 1.807) is 11.3 Å². The third-order valence-electron chi connectivity index (χ3n) is 4.44. The van der Waals surface area contributed by atoms with E-state index >= 15 is 0 Å². The normalized spacial score (nSPS) is 17.0. The minimum absolute atomic E-state index is 0.124. The van der Waals surface area contributed by atoms with E-state index in [1.807, 2.05) is 37.4 Å². The lowest BCUT2D eigenvalue weighted by molar-refractivity contribution is -0.145. The molecule has 0 spiro atoms. The molecule has 1 aliphatic rings. The van der Waals surface area contributed by atoms with Gasteiger partial charge in [-0.3, -0.25) is 9.20 Å². The summed E-state index contributed by atoms with van der Waals surface area (Å²) in [7, 11) is 0. The quantitative estimate of drug-likeness (QED) is 0.583. The number of imidazole rings is 1. The van der Waals surface area contributed by atoms with Crippen LogP contribution in [0, 0.1) is 0 Å². The van der Waals surface area contributed by atoms with Crippen molar-refractivity contribution in [2.45, 2.75) is 32.1 Å². The number of aryl methyl sites for hydroxylation is 1. The van der Waals surface area contributed by atoms with E-state index in [1.165, 1.54) is 4.88 Å². The van der Waals surface area contributed by atoms with E-state index in [0.717, 1.165) is 46.9 Å². The number of carbonyl (C=O) groups excluding carboxylic acids is 1. The number of anilines is 1. The molecule has 0 saturated carbocycles. The van der Waals surface area contributed by atoms with Crippen LogP contribution >= 0.6 is 11.3 Å². The summed E-state index contributed by atoms with van der Waals surface area (Å²) in [5, 5.41) is 0. The third kappa shape index (κ3) is 2.47. The Labute approximate surface area is 144 Å². The smallest absolute Gasteiger partial charge is 0.314 e. The summed E-state index contributed by atoms with van der Waals surface area (Å²) in [6.07, 6.45) is 4.89. The molecule has 0 saturated heterocycles. The molecule has 24 heavy (non-hydrogen) atoms. The van der Waals surface area contributed by atoms with Crippen LogP contribution in [0.25, 0.3) is 16.2 Å². The molecule has 1 aromatic carbocycles. The molecule has 2 heterocycles. The first kappa shape index (κ1) is 15.2. The van der Waals surface area contributed by atoms with Gasteiger partial charge < -0.3 is 10.5 Å². The lowest BCUT2D eigenvalue weighted by Crippen LogP contribution is -2.21. The van der Waals surface area contributed by atoms with Gasteiger partial charge in [-0.15, -0.1) is 11.3 Å². The van der Waals surface area contributed by atoms with Gasteiger partial charge in [0.15, 0.2) is 4.96 Å². The first-order chi connectivity index (χ1) is 11.7. The number of thiazole rings is 1. The molecule has 0 aliphatic heterocycles. The molecule has 0 radical (unpaired) electrons. The highest BCUT2D eigenvalue weighted by molar-refractivity contribution is 7.17. The molecule has 0 bridgehead atoms. The molecule has 0 amide bonds. The van der Waals surface area contributed by atoms with E-state index in [2.05, 4.69) is 4.40 Å². The van der Waals surface area contributed by atoms with Crippen LogP contribution < -0.4 is 5.73 Å². The zero-order valence-corrected chi connectivity index (χ0v) is 14.3. The number of benzene rings is 1. The van der Waals surface area contributed by atoms with E-state index in [9.17, 15) is 4.79 Å². The number of aromatic nitrogens is 2. The van der Waals surface area contributed by atoms with Crippen molar-refractivity contribution in [2.75, 3.05) is 12.3 Å². The Morgan fingerprint density at radius 2 is 2.21 bits per heavy atom. The van der Waals surface area contributed by atoms with Crippen LogP contribution in [0.1, 0.15) is 36.3 Å². The predicted molar refractivity (Wildman–Crippen MR) is 95.2 cm³/mol. The maximum Gasteiger partial charge on any atom is 0.314 e. The molecule has 6 heteroatoms. The molecule has 1 aliphatic carbocycles. The van der Waals surface area contributed by atoms with Crippen molar-refractivity contribution in [3.05, 3.63) is 41.0 Å². The number of nitrogens with zero attached hydrogens (tertiary/aromatic N) is 2. The van der Waals surface area contributed by atoms with Gasteiger partial charge in [0.2, 0.25) is 0 Å². The SMILES string of the molecule is CCOC(=O)C1CCCc2sc3nc(-c4ccc(N)cc4)cn3c21. The summed E-state index contributed by atoms with van der Waals surface area (Å²) in [6.45, 7) is 2.26. The highest BCUT2D eigenvalue weighted by atomic mass is 32.1. The number of nitrogens with two attached hydrogens (primary N) is 1. The van der Waals surface area contributed by atoms with Crippen molar-refractivity contribution in [3.8, 4) is 11.3 Å². The lowest BCUT2D eigenvalue weighted by atomic mass is 9.91. The number of fused-ring (bicyclic) bond motifs is 3. The summed E-state index contributed by atoms with van der Waals surface area (Å²) < 4.78 is 7.36. The van der Waals surface area contributed by atoms with E-state index < -0.39 is 0 Å². The third-order valence-corrected chi connectivity index (χ3v) is 5.57. The molecule has 0 fully saturated rings. The first-order valence-corrected chi connectivity index (χ1v) is 9.02. The Balaban J connectivity index is 1.79. The van der Waals surface area contributed by atoms with Gasteiger partial charge >= 0.3 is 5.97 Å². The number of rotatable bonds is 3. The standard InChI is InChI=1S/C18H19N3O2S/c1-2-23-17(22)13-4-3-5-15-16(13)21-10-14(20-18(21)24-15)11-6-8-12(19)9-7-11/h6-10,13H,2-5,19H2,1H3. The first-order valence-electron chi connectivity index (χ1n) is 8.20. The molecule has 1 atom stereocenters.